The van der Waals surface area contributed by atoms with Gasteiger partial charge in [-0.15, -0.1) is 0 Å². The van der Waals surface area contributed by atoms with Gasteiger partial charge in [0.1, 0.15) is 17.4 Å². The summed E-state index contributed by atoms with van der Waals surface area (Å²) in [5.74, 6) is -1.58. The van der Waals surface area contributed by atoms with Gasteiger partial charge in [-0.05, 0) is 82.5 Å². The van der Waals surface area contributed by atoms with Crippen LogP contribution in [0, 0.1) is 5.92 Å². The highest BCUT2D eigenvalue weighted by Crippen LogP contribution is 2.39. The molecule has 2 saturated carbocycles. The van der Waals surface area contributed by atoms with Crippen molar-refractivity contribution in [2.45, 2.75) is 101 Å². The molecule has 3 saturated heterocycles. The predicted molar refractivity (Wildman–Crippen MR) is 211 cm³/mol. The van der Waals surface area contributed by atoms with Crippen molar-refractivity contribution in [2.75, 3.05) is 42.3 Å². The number of ether oxygens (including phenoxy) is 1. The van der Waals surface area contributed by atoms with Crippen LogP contribution in [0.15, 0.2) is 42.9 Å². The van der Waals surface area contributed by atoms with Gasteiger partial charge in [0.2, 0.25) is 11.8 Å². The molecular formula is C41H45F2N11O6. The van der Waals surface area contributed by atoms with E-state index in [1.54, 1.807) is 29.1 Å². The normalized spacial score (nSPS) is 27.6. The van der Waals surface area contributed by atoms with Crippen molar-refractivity contribution in [1.82, 2.24) is 39.5 Å². The lowest BCUT2D eigenvalue weighted by molar-refractivity contribution is -0.136. The molecule has 7 heterocycles. The highest BCUT2D eigenvalue weighted by atomic mass is 19.3. The molecule has 10 rings (SSSR count). The number of carbonyl (C=O) groups excluding carboxylic acids is 5. The first-order valence-electron chi connectivity index (χ1n) is 20.7. The zero-order valence-corrected chi connectivity index (χ0v) is 32.9. The molecule has 5 fully saturated rings. The Morgan fingerprint density at radius 2 is 1.83 bits per heavy atom. The van der Waals surface area contributed by atoms with Gasteiger partial charge in [0.25, 0.3) is 24.1 Å². The quantitative estimate of drug-likeness (QED) is 0.186. The van der Waals surface area contributed by atoms with Crippen LogP contribution in [0.25, 0.3) is 5.65 Å². The zero-order chi connectivity index (χ0) is 41.4. The van der Waals surface area contributed by atoms with Gasteiger partial charge in [-0.1, -0.05) is 6.07 Å². The molecule has 6 aliphatic rings. The summed E-state index contributed by atoms with van der Waals surface area (Å²) >= 11 is 0. The van der Waals surface area contributed by atoms with Crippen LogP contribution in [-0.2, 0) is 14.3 Å². The van der Waals surface area contributed by atoms with E-state index in [-0.39, 0.29) is 59.4 Å². The van der Waals surface area contributed by atoms with Crippen molar-refractivity contribution in [3.63, 3.8) is 0 Å². The number of hydrogen-bond donors (Lipinski definition) is 3. The van der Waals surface area contributed by atoms with Gasteiger partial charge in [0.05, 0.1) is 47.8 Å². The van der Waals surface area contributed by atoms with Crippen molar-refractivity contribution in [3.8, 4) is 0 Å². The molecule has 314 valence electrons. The van der Waals surface area contributed by atoms with E-state index in [1.165, 1.54) is 16.9 Å². The molecule has 3 atom stereocenters. The molecule has 17 nitrogen and oxygen atoms in total. The average molecular weight is 826 g/mol. The van der Waals surface area contributed by atoms with Crippen LogP contribution in [0.5, 0.6) is 0 Å². The van der Waals surface area contributed by atoms with E-state index >= 15 is 0 Å². The minimum atomic E-state index is -2.88. The number of benzene rings is 1. The van der Waals surface area contributed by atoms with Crippen LogP contribution in [0.4, 0.5) is 26.0 Å². The Hall–Kier alpha value is -5.82. The summed E-state index contributed by atoms with van der Waals surface area (Å²) in [4.78, 5) is 74.7. The molecule has 0 spiro atoms. The van der Waals surface area contributed by atoms with Crippen molar-refractivity contribution in [2.24, 2.45) is 5.92 Å². The fourth-order valence-electron chi connectivity index (χ4n) is 9.97. The largest absolute Gasteiger partial charge is 0.382 e. The third-order valence-electron chi connectivity index (χ3n) is 13.3. The molecule has 60 heavy (non-hydrogen) atoms. The first kappa shape index (κ1) is 38.4. The van der Waals surface area contributed by atoms with Crippen LogP contribution in [0.2, 0.25) is 0 Å². The Balaban J connectivity index is 0.724. The standard InChI is InChI=1S/C41H45F2N11O6/c1-50(24-13-22(14-24)45-29-4-2-3-27-34(29)41(59)54(40(27)58)31-9-10-33(55)48-39(31)57)17-21-5-7-23(8-6-21)53-19-30(35(49-53)36(42)43)46-38(56)28-16-44-52-12-11-32(47-37(28)52)51-18-26-15-25(51)20-60-26/h2-4,11-12,16,19,21-26,31,36,45H,5-10,13-15,17-18,20H2,1H3,(H,46,56)(H,48,55,57)/t21-,22-,23-,24-,25-,26-,31?/m1/s1. The van der Waals surface area contributed by atoms with E-state index in [9.17, 15) is 32.8 Å². The van der Waals surface area contributed by atoms with E-state index < -0.39 is 47.7 Å². The number of halogens is 2. The Kier molecular flexibility index (Phi) is 9.61. The van der Waals surface area contributed by atoms with Gasteiger partial charge < -0.3 is 25.2 Å². The van der Waals surface area contributed by atoms with Gasteiger partial charge in [0, 0.05) is 49.7 Å². The number of nitrogens with one attached hydrogen (secondary N) is 3. The van der Waals surface area contributed by atoms with E-state index in [4.69, 9.17) is 9.72 Å². The minimum Gasteiger partial charge on any atom is -0.382 e. The number of carbonyl (C=O) groups is 5. The van der Waals surface area contributed by atoms with Gasteiger partial charge in [0.15, 0.2) is 11.3 Å². The molecule has 2 aliphatic carbocycles. The van der Waals surface area contributed by atoms with Crippen LogP contribution in [-0.4, -0.2) is 121 Å². The molecular weight excluding hydrogens is 781 g/mol. The van der Waals surface area contributed by atoms with E-state index in [2.05, 4.69) is 43.0 Å². The number of anilines is 3. The number of alkyl halides is 2. The maximum absolute atomic E-state index is 14.3. The third kappa shape index (κ3) is 6.76. The fraction of sp³-hybridized carbons (Fsp3) is 0.512. The van der Waals surface area contributed by atoms with Gasteiger partial charge in [-0.2, -0.15) is 10.2 Å². The monoisotopic (exact) mass is 825 g/mol. The smallest absolute Gasteiger partial charge is 0.284 e. The lowest BCUT2D eigenvalue weighted by Gasteiger charge is -2.44. The number of fused-ring (bicyclic) bond motifs is 4. The summed E-state index contributed by atoms with van der Waals surface area (Å²) in [5, 5.41) is 16.9. The van der Waals surface area contributed by atoms with Gasteiger partial charge in [-0.25, -0.2) is 18.3 Å². The number of morpholine rings is 1. The second-order valence-corrected chi connectivity index (χ2v) is 17.0. The summed E-state index contributed by atoms with van der Waals surface area (Å²) < 4.78 is 37.4. The maximum Gasteiger partial charge on any atom is 0.284 e. The molecule has 4 aliphatic heterocycles. The minimum absolute atomic E-state index is 0.0300. The second kappa shape index (κ2) is 15.0. The number of hydrogen-bond acceptors (Lipinski definition) is 12. The average Bonchev–Trinajstić information content (AvgIpc) is 4.06. The molecule has 4 aromatic rings. The number of amides is 5. The third-order valence-corrected chi connectivity index (χ3v) is 13.3. The van der Waals surface area contributed by atoms with Crippen LogP contribution < -0.4 is 20.9 Å². The Labute approximate surface area is 342 Å². The molecule has 1 aromatic carbocycles. The predicted octanol–water partition coefficient (Wildman–Crippen LogP) is 3.80. The summed E-state index contributed by atoms with van der Waals surface area (Å²) in [6.07, 6.45) is 8.03. The molecule has 2 bridgehead atoms. The van der Waals surface area contributed by atoms with Crippen LogP contribution in [0.1, 0.15) is 107 Å². The fourth-order valence-corrected chi connectivity index (χ4v) is 9.97. The van der Waals surface area contributed by atoms with E-state index in [0.29, 0.717) is 29.9 Å². The summed E-state index contributed by atoms with van der Waals surface area (Å²) in [6, 6.07) is 6.48. The Morgan fingerprint density at radius 3 is 2.57 bits per heavy atom. The molecule has 3 N–H and O–H groups in total. The van der Waals surface area contributed by atoms with Crippen molar-refractivity contribution in [1.29, 1.82) is 0 Å². The topological polar surface area (TPSA) is 188 Å². The lowest BCUT2D eigenvalue weighted by Crippen LogP contribution is -2.54. The first-order chi connectivity index (χ1) is 29.0. The summed E-state index contributed by atoms with van der Waals surface area (Å²) in [5.41, 5.74) is 1.07. The SMILES string of the molecule is CN(C[C@H]1CC[C@H](n2cc(NC(=O)c3cnn4ccc(N5C[C@H]6C[C@@H]5CO6)nc34)c(C(F)F)n2)CC1)[C@H]1C[C@H](Nc2cccc3c2C(=O)N(C2CCC(=O)NC2=O)C3=O)C1. The molecule has 0 radical (unpaired) electrons. The number of rotatable bonds is 11. The van der Waals surface area contributed by atoms with Gasteiger partial charge >= 0.3 is 0 Å². The van der Waals surface area contributed by atoms with Crippen molar-refractivity contribution >= 4 is 52.4 Å². The van der Waals surface area contributed by atoms with Gasteiger partial charge in [-0.3, -0.25) is 38.9 Å². The number of imide groups is 2. The highest BCUT2D eigenvalue weighted by Gasteiger charge is 2.46. The zero-order valence-electron chi connectivity index (χ0n) is 32.9. The summed E-state index contributed by atoms with van der Waals surface area (Å²) in [6.45, 7) is 2.24. The molecule has 19 heteroatoms. The molecule has 1 unspecified atom stereocenters. The molecule has 5 amide bonds. The Morgan fingerprint density at radius 1 is 1.02 bits per heavy atom. The second-order valence-electron chi connectivity index (χ2n) is 17.0. The van der Waals surface area contributed by atoms with Crippen LogP contribution >= 0.6 is 0 Å². The lowest BCUT2D eigenvalue weighted by atomic mass is 9.82. The number of aromatic nitrogens is 5. The number of piperidine rings is 1. The maximum atomic E-state index is 14.3. The van der Waals surface area contributed by atoms with Crippen molar-refractivity contribution in [3.05, 3.63) is 65.2 Å². The van der Waals surface area contributed by atoms with E-state index in [0.717, 1.165) is 68.8 Å². The summed E-state index contributed by atoms with van der Waals surface area (Å²) in [7, 11) is 2.11. The number of nitrogens with zero attached hydrogens (tertiary/aromatic N) is 8. The molecule has 3 aromatic heterocycles. The first-order valence-corrected chi connectivity index (χ1v) is 20.7. The van der Waals surface area contributed by atoms with Crippen LogP contribution in [0.3, 0.4) is 0 Å². The van der Waals surface area contributed by atoms with E-state index in [1.807, 2.05) is 6.07 Å². The highest BCUT2D eigenvalue weighted by molar-refractivity contribution is 6.25. The van der Waals surface area contributed by atoms with Crippen molar-refractivity contribution < 1.29 is 37.5 Å². The Bertz CT molecular complexity index is 2410.